The molecule has 2 rings (SSSR count). The Kier molecular flexibility index (Phi) is 10.0. The van der Waals surface area contributed by atoms with E-state index in [-0.39, 0.29) is 23.9 Å². The number of aliphatic hydroxyl groups excluding tert-OH is 1. The summed E-state index contributed by atoms with van der Waals surface area (Å²) in [5, 5.41) is 15.8. The zero-order valence-electron chi connectivity index (χ0n) is 11.6. The van der Waals surface area contributed by atoms with Crippen molar-refractivity contribution in [3.05, 3.63) is 10.4 Å². The van der Waals surface area contributed by atoms with Gasteiger partial charge in [0, 0.05) is 50.0 Å². The molecule has 9 nitrogen and oxygen atoms in total. The van der Waals surface area contributed by atoms with E-state index in [1.165, 1.54) is 0 Å². The van der Waals surface area contributed by atoms with Gasteiger partial charge in [-0.2, -0.15) is 0 Å². The van der Waals surface area contributed by atoms with Gasteiger partial charge in [0.25, 0.3) is 0 Å². The first-order valence-electron chi connectivity index (χ1n) is 6.40. The van der Waals surface area contributed by atoms with Crippen molar-refractivity contribution in [3.8, 4) is 0 Å². The fourth-order valence-corrected chi connectivity index (χ4v) is 1.80. The number of nitrogens with two attached hydrogens (primary N) is 1. The molecule has 2 heterocycles. The third kappa shape index (κ3) is 7.57. The van der Waals surface area contributed by atoms with Crippen LogP contribution >= 0.6 is 0 Å². The molecule has 2 aliphatic rings. The SMILES string of the molecule is CO.NC[C@H]1CCC(=O)N1.[N-]=[N+]=NC[C@H]1CCC(=O)N1. The summed E-state index contributed by atoms with van der Waals surface area (Å²) >= 11 is 0. The Morgan fingerprint density at radius 1 is 1.25 bits per heavy atom. The molecule has 0 bridgehead atoms. The zero-order chi connectivity index (χ0) is 15.4. The maximum Gasteiger partial charge on any atom is 0.220 e. The van der Waals surface area contributed by atoms with Crippen molar-refractivity contribution in [1.82, 2.24) is 10.6 Å². The Morgan fingerprint density at radius 2 is 1.75 bits per heavy atom. The summed E-state index contributed by atoms with van der Waals surface area (Å²) in [5.74, 6) is 0.193. The fraction of sp³-hybridized carbons (Fsp3) is 0.818. The molecule has 0 aliphatic carbocycles. The van der Waals surface area contributed by atoms with Gasteiger partial charge in [-0.25, -0.2) is 0 Å². The Balaban J connectivity index is 0.000000327. The summed E-state index contributed by atoms with van der Waals surface area (Å²) in [5.41, 5.74) is 13.2. The smallest absolute Gasteiger partial charge is 0.220 e. The number of hydrogen-bond acceptors (Lipinski definition) is 5. The van der Waals surface area contributed by atoms with Gasteiger partial charge in [-0.15, -0.1) is 0 Å². The summed E-state index contributed by atoms with van der Waals surface area (Å²) in [7, 11) is 1.00. The minimum atomic E-state index is 0.0538. The number of carbonyl (C=O) groups excluding carboxylic acids is 2. The Morgan fingerprint density at radius 3 is 2.05 bits per heavy atom. The third-order valence-electron chi connectivity index (χ3n) is 2.82. The fourth-order valence-electron chi connectivity index (χ4n) is 1.80. The summed E-state index contributed by atoms with van der Waals surface area (Å²) in [4.78, 5) is 23.6. The van der Waals surface area contributed by atoms with Crippen LogP contribution in [0.5, 0.6) is 0 Å². The van der Waals surface area contributed by atoms with E-state index in [1.54, 1.807) is 0 Å². The molecular formula is C11H22N6O3. The van der Waals surface area contributed by atoms with Gasteiger partial charge in [-0.3, -0.25) is 9.59 Å². The highest BCUT2D eigenvalue weighted by Crippen LogP contribution is 2.06. The lowest BCUT2D eigenvalue weighted by Crippen LogP contribution is -2.32. The van der Waals surface area contributed by atoms with E-state index < -0.39 is 0 Å². The number of hydrogen-bond donors (Lipinski definition) is 4. The van der Waals surface area contributed by atoms with Crippen molar-refractivity contribution in [2.75, 3.05) is 20.2 Å². The van der Waals surface area contributed by atoms with Crippen molar-refractivity contribution in [2.24, 2.45) is 10.8 Å². The Bertz CT molecular complexity index is 356. The lowest BCUT2D eigenvalue weighted by atomic mass is 10.2. The van der Waals surface area contributed by atoms with E-state index in [0.717, 1.165) is 20.0 Å². The van der Waals surface area contributed by atoms with Crippen LogP contribution in [0, 0.1) is 0 Å². The van der Waals surface area contributed by atoms with Gasteiger partial charge in [-0.05, 0) is 18.4 Å². The molecule has 20 heavy (non-hydrogen) atoms. The van der Waals surface area contributed by atoms with Gasteiger partial charge >= 0.3 is 0 Å². The van der Waals surface area contributed by atoms with Crippen LogP contribution in [-0.4, -0.2) is 49.2 Å². The average Bonchev–Trinajstić information content (AvgIpc) is 3.08. The van der Waals surface area contributed by atoms with Gasteiger partial charge in [0.15, 0.2) is 0 Å². The van der Waals surface area contributed by atoms with Crippen LogP contribution in [0.15, 0.2) is 5.11 Å². The predicted molar refractivity (Wildman–Crippen MR) is 73.5 cm³/mol. The molecule has 2 aliphatic heterocycles. The Labute approximate surface area is 117 Å². The number of azide groups is 1. The highest BCUT2D eigenvalue weighted by Gasteiger charge is 2.19. The lowest BCUT2D eigenvalue weighted by molar-refractivity contribution is -0.120. The minimum Gasteiger partial charge on any atom is -0.400 e. The van der Waals surface area contributed by atoms with Gasteiger partial charge in [0.1, 0.15) is 0 Å². The minimum absolute atomic E-state index is 0.0538. The van der Waals surface area contributed by atoms with Gasteiger partial charge in [0.2, 0.25) is 11.8 Å². The van der Waals surface area contributed by atoms with Crippen LogP contribution in [-0.2, 0) is 9.59 Å². The number of nitrogens with zero attached hydrogens (tertiary/aromatic N) is 3. The molecule has 2 fully saturated rings. The number of rotatable bonds is 3. The second-order valence-corrected chi connectivity index (χ2v) is 4.26. The number of nitrogens with one attached hydrogen (secondary N) is 2. The molecule has 0 unspecified atom stereocenters. The first-order chi connectivity index (χ1) is 9.65. The molecule has 0 saturated carbocycles. The molecule has 0 radical (unpaired) electrons. The summed E-state index contributed by atoms with van der Waals surface area (Å²) in [6.45, 7) is 0.952. The van der Waals surface area contributed by atoms with Crippen LogP contribution in [0.25, 0.3) is 10.4 Å². The van der Waals surface area contributed by atoms with Gasteiger partial charge < -0.3 is 21.5 Å². The maximum atomic E-state index is 10.6. The molecular weight excluding hydrogens is 264 g/mol. The van der Waals surface area contributed by atoms with Crippen LogP contribution in [0.4, 0.5) is 0 Å². The van der Waals surface area contributed by atoms with Gasteiger partial charge in [-0.1, -0.05) is 5.11 Å². The summed E-state index contributed by atoms with van der Waals surface area (Å²) in [6.07, 6.45) is 2.92. The maximum absolute atomic E-state index is 10.6. The van der Waals surface area contributed by atoms with Crippen molar-refractivity contribution in [3.63, 3.8) is 0 Å². The van der Waals surface area contributed by atoms with Crippen LogP contribution in [0.2, 0.25) is 0 Å². The summed E-state index contributed by atoms with van der Waals surface area (Å²) in [6, 6.07) is 0.325. The third-order valence-corrected chi connectivity index (χ3v) is 2.82. The zero-order valence-corrected chi connectivity index (χ0v) is 11.6. The van der Waals surface area contributed by atoms with Crippen molar-refractivity contribution in [2.45, 2.75) is 37.8 Å². The van der Waals surface area contributed by atoms with Crippen LogP contribution in [0.1, 0.15) is 25.7 Å². The molecule has 0 aromatic heterocycles. The predicted octanol–water partition coefficient (Wildman–Crippen LogP) is -0.592. The van der Waals surface area contributed by atoms with Crippen molar-refractivity contribution < 1.29 is 14.7 Å². The largest absolute Gasteiger partial charge is 0.400 e. The topological polar surface area (TPSA) is 153 Å². The highest BCUT2D eigenvalue weighted by atomic mass is 16.2. The monoisotopic (exact) mass is 286 g/mol. The molecule has 2 amide bonds. The lowest BCUT2D eigenvalue weighted by Gasteiger charge is -2.02. The van der Waals surface area contributed by atoms with E-state index in [9.17, 15) is 9.59 Å². The molecule has 5 N–H and O–H groups in total. The van der Waals surface area contributed by atoms with Crippen molar-refractivity contribution >= 4 is 11.8 Å². The first-order valence-corrected chi connectivity index (χ1v) is 6.40. The second-order valence-electron chi connectivity index (χ2n) is 4.26. The van der Waals surface area contributed by atoms with E-state index >= 15 is 0 Å². The average molecular weight is 286 g/mol. The van der Waals surface area contributed by atoms with Crippen molar-refractivity contribution in [1.29, 1.82) is 0 Å². The van der Waals surface area contributed by atoms with E-state index in [1.807, 2.05) is 0 Å². The van der Waals surface area contributed by atoms with Crippen LogP contribution in [0.3, 0.4) is 0 Å². The van der Waals surface area contributed by atoms with E-state index in [2.05, 4.69) is 20.7 Å². The first kappa shape index (κ1) is 18.2. The molecule has 0 spiro atoms. The standard InChI is InChI=1S/C5H8N4O.C5H10N2O.CH4O/c6-9-7-3-4-1-2-5(10)8-4;6-3-4-1-2-5(8)7-4;1-2/h4H,1-3H2,(H,8,10);4H,1-3,6H2,(H,7,8);2H,1H3/t2*4-;/m11./s1. The number of amides is 2. The quantitative estimate of drug-likeness (QED) is 0.311. The molecule has 114 valence electrons. The summed E-state index contributed by atoms with van der Waals surface area (Å²) < 4.78 is 0. The highest BCUT2D eigenvalue weighted by molar-refractivity contribution is 5.78. The molecule has 2 atom stereocenters. The molecule has 2 saturated heterocycles. The second kappa shape index (κ2) is 11.0. The van der Waals surface area contributed by atoms with E-state index in [4.69, 9.17) is 16.4 Å². The Hall–Kier alpha value is -1.83. The molecule has 9 heteroatoms. The normalized spacial score (nSPS) is 23.4. The van der Waals surface area contributed by atoms with Crippen LogP contribution < -0.4 is 16.4 Å². The van der Waals surface area contributed by atoms with Gasteiger partial charge in [0.05, 0.1) is 0 Å². The molecule has 0 aromatic rings. The number of aliphatic hydroxyl groups is 1. The molecule has 0 aromatic carbocycles. The van der Waals surface area contributed by atoms with E-state index in [0.29, 0.717) is 25.9 Å². The number of carbonyl (C=O) groups is 2.